The quantitative estimate of drug-likeness (QED) is 0.429. The van der Waals surface area contributed by atoms with Crippen LogP contribution in [0, 0.1) is 0 Å². The van der Waals surface area contributed by atoms with E-state index in [4.69, 9.17) is 21.1 Å². The molecule has 0 spiro atoms. The third kappa shape index (κ3) is 6.01. The second-order valence-corrected chi connectivity index (χ2v) is 9.70. The molecular formula is C25H27ClN2O5S. The van der Waals surface area contributed by atoms with Crippen LogP contribution in [0.25, 0.3) is 0 Å². The number of hydrogen-bond acceptors (Lipinski definition) is 5. The zero-order valence-corrected chi connectivity index (χ0v) is 20.8. The van der Waals surface area contributed by atoms with E-state index in [2.05, 4.69) is 5.32 Å². The first-order chi connectivity index (χ1) is 16.3. The molecule has 0 unspecified atom stereocenters. The summed E-state index contributed by atoms with van der Waals surface area (Å²) in [5, 5.41) is 3.10. The van der Waals surface area contributed by atoms with Gasteiger partial charge in [0.25, 0.3) is 10.0 Å². The van der Waals surface area contributed by atoms with Gasteiger partial charge in [-0.1, -0.05) is 41.9 Å². The second kappa shape index (κ2) is 11.3. The highest BCUT2D eigenvalue weighted by Gasteiger charge is 2.28. The fourth-order valence-electron chi connectivity index (χ4n) is 3.37. The molecule has 1 amide bonds. The van der Waals surface area contributed by atoms with Crippen LogP contribution in [0.5, 0.6) is 11.5 Å². The number of anilines is 1. The highest BCUT2D eigenvalue weighted by molar-refractivity contribution is 7.92. The fraction of sp³-hybridized carbons (Fsp3) is 0.240. The Bertz CT molecular complexity index is 1220. The lowest BCUT2D eigenvalue weighted by molar-refractivity contribution is -0.120. The number of amides is 1. The SMILES string of the molecule is CCOc1ccc([C@H](C)NC(=O)CN(c2ccc(OC)c(Cl)c2)S(=O)(=O)c2ccccc2)cc1. The second-order valence-electron chi connectivity index (χ2n) is 7.43. The molecule has 9 heteroatoms. The monoisotopic (exact) mass is 502 g/mol. The van der Waals surface area contributed by atoms with Crippen LogP contribution in [-0.2, 0) is 14.8 Å². The van der Waals surface area contributed by atoms with Crippen LogP contribution in [0.2, 0.25) is 5.02 Å². The van der Waals surface area contributed by atoms with Crippen molar-refractivity contribution in [2.45, 2.75) is 24.8 Å². The van der Waals surface area contributed by atoms with Gasteiger partial charge in [-0.25, -0.2) is 8.42 Å². The van der Waals surface area contributed by atoms with Gasteiger partial charge in [-0.05, 0) is 61.9 Å². The molecule has 180 valence electrons. The van der Waals surface area contributed by atoms with Crippen molar-refractivity contribution in [1.82, 2.24) is 5.32 Å². The molecule has 0 aliphatic carbocycles. The number of halogens is 1. The minimum atomic E-state index is -4.04. The molecule has 3 aromatic rings. The topological polar surface area (TPSA) is 84.9 Å². The summed E-state index contributed by atoms with van der Waals surface area (Å²) >= 11 is 6.25. The average molecular weight is 503 g/mol. The van der Waals surface area contributed by atoms with E-state index < -0.39 is 22.5 Å². The first-order valence-electron chi connectivity index (χ1n) is 10.7. The Morgan fingerprint density at radius 1 is 1.06 bits per heavy atom. The smallest absolute Gasteiger partial charge is 0.264 e. The highest BCUT2D eigenvalue weighted by atomic mass is 35.5. The summed E-state index contributed by atoms with van der Waals surface area (Å²) in [6, 6.07) is 19.5. The summed E-state index contributed by atoms with van der Waals surface area (Å²) in [4.78, 5) is 13.0. The molecule has 0 fully saturated rings. The van der Waals surface area contributed by atoms with E-state index in [1.165, 1.54) is 25.3 Å². The minimum absolute atomic E-state index is 0.0642. The van der Waals surface area contributed by atoms with Gasteiger partial charge in [0.2, 0.25) is 5.91 Å². The number of carbonyl (C=O) groups is 1. The number of sulfonamides is 1. The van der Waals surface area contributed by atoms with Gasteiger partial charge < -0.3 is 14.8 Å². The van der Waals surface area contributed by atoms with Crippen molar-refractivity contribution in [3.63, 3.8) is 0 Å². The first kappa shape index (κ1) is 25.4. The largest absolute Gasteiger partial charge is 0.495 e. The third-order valence-electron chi connectivity index (χ3n) is 5.11. The molecule has 0 saturated carbocycles. The molecule has 0 bridgehead atoms. The Labute approximate surface area is 205 Å². The fourth-order valence-corrected chi connectivity index (χ4v) is 5.05. The van der Waals surface area contributed by atoms with Crippen molar-refractivity contribution in [2.24, 2.45) is 0 Å². The van der Waals surface area contributed by atoms with Crippen LogP contribution in [0.1, 0.15) is 25.5 Å². The minimum Gasteiger partial charge on any atom is -0.495 e. The molecule has 0 aliphatic heterocycles. The molecule has 0 aromatic heterocycles. The highest BCUT2D eigenvalue weighted by Crippen LogP contribution is 2.32. The van der Waals surface area contributed by atoms with Gasteiger partial charge in [-0.15, -0.1) is 0 Å². The number of benzene rings is 3. The lowest BCUT2D eigenvalue weighted by atomic mass is 10.1. The van der Waals surface area contributed by atoms with Crippen LogP contribution >= 0.6 is 11.6 Å². The number of ether oxygens (including phenoxy) is 2. The normalized spacial score (nSPS) is 12.0. The van der Waals surface area contributed by atoms with Crippen LogP contribution in [0.4, 0.5) is 5.69 Å². The average Bonchev–Trinajstić information content (AvgIpc) is 2.83. The Morgan fingerprint density at radius 3 is 2.32 bits per heavy atom. The van der Waals surface area contributed by atoms with Crippen LogP contribution in [0.3, 0.4) is 0 Å². The standard InChI is InChI=1S/C25H27ClN2O5S/c1-4-33-21-13-10-19(11-14-21)18(2)27-25(29)17-28(20-12-15-24(32-3)23(26)16-20)34(30,31)22-8-6-5-7-9-22/h5-16,18H,4,17H2,1-3H3,(H,27,29)/t18-/m0/s1. The molecule has 0 heterocycles. The van der Waals surface area contributed by atoms with Crippen LogP contribution < -0.4 is 19.1 Å². The van der Waals surface area contributed by atoms with E-state index in [1.807, 2.05) is 38.1 Å². The van der Waals surface area contributed by atoms with Gasteiger partial charge >= 0.3 is 0 Å². The summed E-state index contributed by atoms with van der Waals surface area (Å²) in [5.74, 6) is 0.671. The van der Waals surface area contributed by atoms with E-state index >= 15 is 0 Å². The Kier molecular flexibility index (Phi) is 8.41. The predicted octanol–water partition coefficient (Wildman–Crippen LogP) is 4.82. The van der Waals surface area contributed by atoms with E-state index in [0.717, 1.165) is 15.6 Å². The lowest BCUT2D eigenvalue weighted by Gasteiger charge is -2.25. The van der Waals surface area contributed by atoms with Crippen LogP contribution in [-0.4, -0.2) is 34.6 Å². The number of methoxy groups -OCH3 is 1. The zero-order chi connectivity index (χ0) is 24.7. The first-order valence-corrected chi connectivity index (χ1v) is 12.5. The number of rotatable bonds is 10. The summed E-state index contributed by atoms with van der Waals surface area (Å²) in [7, 11) is -2.57. The van der Waals surface area contributed by atoms with Crippen molar-refractivity contribution in [2.75, 3.05) is 24.6 Å². The number of nitrogens with one attached hydrogen (secondary N) is 1. The predicted molar refractivity (Wildman–Crippen MR) is 133 cm³/mol. The summed E-state index contributed by atoms with van der Waals surface area (Å²) in [5.41, 5.74) is 1.11. The lowest BCUT2D eigenvalue weighted by Crippen LogP contribution is -2.41. The van der Waals surface area contributed by atoms with Crippen molar-refractivity contribution >= 4 is 33.2 Å². The molecule has 3 aromatic carbocycles. The van der Waals surface area contributed by atoms with Crippen molar-refractivity contribution in [3.8, 4) is 11.5 Å². The summed E-state index contributed by atoms with van der Waals surface area (Å²) in [6.07, 6.45) is 0. The molecule has 1 atom stereocenters. The molecule has 0 radical (unpaired) electrons. The van der Waals surface area contributed by atoms with E-state index in [-0.39, 0.29) is 21.6 Å². The molecule has 1 N–H and O–H groups in total. The zero-order valence-electron chi connectivity index (χ0n) is 19.2. The van der Waals surface area contributed by atoms with E-state index in [9.17, 15) is 13.2 Å². The summed E-state index contributed by atoms with van der Waals surface area (Å²) in [6.45, 7) is 3.86. The maximum absolute atomic E-state index is 13.4. The Morgan fingerprint density at radius 2 is 1.74 bits per heavy atom. The van der Waals surface area contributed by atoms with Crippen LogP contribution in [0.15, 0.2) is 77.7 Å². The molecular weight excluding hydrogens is 476 g/mol. The van der Waals surface area contributed by atoms with Gasteiger partial charge in [-0.2, -0.15) is 0 Å². The molecule has 0 saturated heterocycles. The molecule has 7 nitrogen and oxygen atoms in total. The Hall–Kier alpha value is -3.23. The molecule has 0 aliphatic rings. The van der Waals surface area contributed by atoms with Crippen molar-refractivity contribution in [3.05, 3.63) is 83.4 Å². The van der Waals surface area contributed by atoms with Gasteiger partial charge in [0.15, 0.2) is 0 Å². The summed E-state index contributed by atoms with van der Waals surface area (Å²) < 4.78 is 38.5. The molecule has 34 heavy (non-hydrogen) atoms. The van der Waals surface area contributed by atoms with E-state index in [0.29, 0.717) is 12.4 Å². The number of nitrogens with zero attached hydrogens (tertiary/aromatic N) is 1. The van der Waals surface area contributed by atoms with Gasteiger partial charge in [-0.3, -0.25) is 9.10 Å². The third-order valence-corrected chi connectivity index (χ3v) is 7.19. The van der Waals surface area contributed by atoms with Gasteiger partial charge in [0, 0.05) is 0 Å². The maximum Gasteiger partial charge on any atom is 0.264 e. The van der Waals surface area contributed by atoms with Gasteiger partial charge in [0.1, 0.15) is 18.0 Å². The maximum atomic E-state index is 13.4. The number of carbonyl (C=O) groups excluding carboxylic acids is 1. The molecule has 3 rings (SSSR count). The van der Waals surface area contributed by atoms with Crippen molar-refractivity contribution < 1.29 is 22.7 Å². The van der Waals surface area contributed by atoms with Gasteiger partial charge in [0.05, 0.1) is 35.4 Å². The van der Waals surface area contributed by atoms with E-state index in [1.54, 1.807) is 30.3 Å². The Balaban J connectivity index is 1.86. The number of hydrogen-bond donors (Lipinski definition) is 1. The van der Waals surface area contributed by atoms with Crippen molar-refractivity contribution in [1.29, 1.82) is 0 Å².